The molecular weight excluding hydrogens is 320 g/mol. The van der Waals surface area contributed by atoms with Crippen molar-refractivity contribution in [2.45, 2.75) is 38.5 Å². The topological polar surface area (TPSA) is 206 Å². The first-order valence-corrected chi connectivity index (χ1v) is 7.26. The van der Waals surface area contributed by atoms with Crippen LogP contribution in [-0.2, 0) is 28.8 Å². The van der Waals surface area contributed by atoms with Crippen molar-refractivity contribution in [3.05, 3.63) is 0 Å². The average molecular weight is 342 g/mol. The first-order chi connectivity index (χ1) is 11.1. The van der Waals surface area contributed by atoms with Crippen LogP contribution in [0.25, 0.3) is 0 Å². The zero-order chi connectivity index (χ0) is 18.9. The third kappa shape index (κ3) is 8.01. The number of hydrogen-bond acceptors (Lipinski definition) is 6. The second-order valence-corrected chi connectivity index (χ2v) is 5.39. The molecule has 0 aromatic carbocycles. The molecule has 10 nitrogen and oxygen atoms in total. The van der Waals surface area contributed by atoms with Crippen molar-refractivity contribution in [3.8, 4) is 0 Å². The van der Waals surface area contributed by atoms with Crippen molar-refractivity contribution in [1.82, 2.24) is 0 Å². The lowest BCUT2D eigenvalue weighted by atomic mass is 9.92. The summed E-state index contributed by atoms with van der Waals surface area (Å²) < 4.78 is 0. The maximum absolute atomic E-state index is 11.8. The SMILES string of the molecule is NC(=O)CC(C(N)=O)C(=O)CCCCC(=O)C(CC(N)=O)C(N)=O. The van der Waals surface area contributed by atoms with Gasteiger partial charge in [0.1, 0.15) is 23.4 Å². The molecular formula is C14H22N4O6. The summed E-state index contributed by atoms with van der Waals surface area (Å²) in [5.41, 5.74) is 20.0. The van der Waals surface area contributed by atoms with E-state index in [-0.39, 0.29) is 25.7 Å². The lowest BCUT2D eigenvalue weighted by Gasteiger charge is -2.11. The number of nitrogens with two attached hydrogens (primary N) is 4. The van der Waals surface area contributed by atoms with Gasteiger partial charge in [0.25, 0.3) is 0 Å². The van der Waals surface area contributed by atoms with Gasteiger partial charge in [0.15, 0.2) is 0 Å². The summed E-state index contributed by atoms with van der Waals surface area (Å²) >= 11 is 0. The van der Waals surface area contributed by atoms with Gasteiger partial charge in [-0.2, -0.15) is 0 Å². The van der Waals surface area contributed by atoms with Gasteiger partial charge in [0, 0.05) is 25.7 Å². The van der Waals surface area contributed by atoms with Gasteiger partial charge in [0.2, 0.25) is 23.6 Å². The van der Waals surface area contributed by atoms with E-state index in [1.165, 1.54) is 0 Å². The van der Waals surface area contributed by atoms with Gasteiger partial charge in [-0.3, -0.25) is 28.8 Å². The largest absolute Gasteiger partial charge is 0.370 e. The van der Waals surface area contributed by atoms with Crippen molar-refractivity contribution < 1.29 is 28.8 Å². The van der Waals surface area contributed by atoms with E-state index in [1.807, 2.05) is 0 Å². The summed E-state index contributed by atoms with van der Waals surface area (Å²) in [7, 11) is 0. The van der Waals surface area contributed by atoms with Crippen LogP contribution in [0.2, 0.25) is 0 Å². The molecule has 134 valence electrons. The van der Waals surface area contributed by atoms with Crippen LogP contribution in [-0.4, -0.2) is 35.2 Å². The number of Topliss-reactive ketones (excluding diaryl/α,β-unsaturated/α-hetero) is 2. The van der Waals surface area contributed by atoms with Crippen LogP contribution in [0.4, 0.5) is 0 Å². The van der Waals surface area contributed by atoms with Crippen LogP contribution in [0, 0.1) is 11.8 Å². The molecule has 2 unspecified atom stereocenters. The van der Waals surface area contributed by atoms with Crippen LogP contribution in [0.1, 0.15) is 38.5 Å². The second kappa shape index (κ2) is 10.1. The molecule has 0 rings (SSSR count). The van der Waals surface area contributed by atoms with Crippen molar-refractivity contribution >= 4 is 35.2 Å². The Labute approximate surface area is 138 Å². The molecule has 0 aliphatic carbocycles. The fraction of sp³-hybridized carbons (Fsp3) is 0.571. The van der Waals surface area contributed by atoms with E-state index in [0.717, 1.165) is 0 Å². The Hall–Kier alpha value is -2.78. The van der Waals surface area contributed by atoms with Crippen LogP contribution >= 0.6 is 0 Å². The first-order valence-electron chi connectivity index (χ1n) is 7.26. The van der Waals surface area contributed by atoms with Crippen molar-refractivity contribution in [3.63, 3.8) is 0 Å². The maximum atomic E-state index is 11.8. The molecule has 4 amide bonds. The molecule has 0 fully saturated rings. The molecule has 8 N–H and O–H groups in total. The summed E-state index contributed by atoms with van der Waals surface area (Å²) in [5, 5.41) is 0. The Balaban J connectivity index is 4.40. The number of carbonyl (C=O) groups excluding carboxylic acids is 6. The molecule has 0 saturated heterocycles. The van der Waals surface area contributed by atoms with Gasteiger partial charge in [-0.1, -0.05) is 0 Å². The Morgan fingerprint density at radius 3 is 1.08 bits per heavy atom. The Kier molecular flexibility index (Phi) is 8.91. The lowest BCUT2D eigenvalue weighted by Crippen LogP contribution is -2.34. The number of unbranched alkanes of at least 4 members (excludes halogenated alkanes) is 1. The van der Waals surface area contributed by atoms with Crippen molar-refractivity contribution in [1.29, 1.82) is 0 Å². The molecule has 0 saturated carbocycles. The molecule has 24 heavy (non-hydrogen) atoms. The van der Waals surface area contributed by atoms with Crippen LogP contribution in [0.3, 0.4) is 0 Å². The quantitative estimate of drug-likeness (QED) is 0.212. The lowest BCUT2D eigenvalue weighted by molar-refractivity contribution is -0.137. The smallest absolute Gasteiger partial charge is 0.228 e. The highest BCUT2D eigenvalue weighted by atomic mass is 16.2. The highest BCUT2D eigenvalue weighted by Gasteiger charge is 2.27. The molecule has 0 spiro atoms. The normalized spacial score (nSPS) is 12.8. The number of rotatable bonds is 13. The Morgan fingerprint density at radius 2 is 0.875 bits per heavy atom. The van der Waals surface area contributed by atoms with Gasteiger partial charge in [-0.25, -0.2) is 0 Å². The number of ketones is 2. The van der Waals surface area contributed by atoms with Gasteiger partial charge in [0.05, 0.1) is 0 Å². The molecule has 0 aromatic rings. The molecule has 2 atom stereocenters. The zero-order valence-electron chi connectivity index (χ0n) is 13.2. The van der Waals surface area contributed by atoms with Crippen molar-refractivity contribution in [2.24, 2.45) is 34.8 Å². The molecule has 0 aliphatic rings. The minimum Gasteiger partial charge on any atom is -0.370 e. The number of carbonyl (C=O) groups is 6. The monoisotopic (exact) mass is 342 g/mol. The van der Waals surface area contributed by atoms with E-state index in [1.54, 1.807) is 0 Å². The van der Waals surface area contributed by atoms with E-state index in [4.69, 9.17) is 22.9 Å². The molecule has 0 radical (unpaired) electrons. The number of hydrogen-bond donors (Lipinski definition) is 4. The predicted molar refractivity (Wildman–Crippen MR) is 81.5 cm³/mol. The van der Waals surface area contributed by atoms with E-state index in [2.05, 4.69) is 0 Å². The summed E-state index contributed by atoms with van der Waals surface area (Å²) in [6, 6.07) is 0. The summed E-state index contributed by atoms with van der Waals surface area (Å²) in [6.07, 6.45) is -0.619. The fourth-order valence-corrected chi connectivity index (χ4v) is 2.10. The zero-order valence-corrected chi connectivity index (χ0v) is 13.2. The Bertz CT molecular complexity index is 497. The van der Waals surface area contributed by atoms with Gasteiger partial charge < -0.3 is 22.9 Å². The van der Waals surface area contributed by atoms with E-state index in [0.29, 0.717) is 0 Å². The minimum absolute atomic E-state index is 0.0782. The molecule has 0 aromatic heterocycles. The minimum atomic E-state index is -1.29. The third-order valence-corrected chi connectivity index (χ3v) is 3.37. The van der Waals surface area contributed by atoms with E-state index in [9.17, 15) is 28.8 Å². The highest BCUT2D eigenvalue weighted by molar-refractivity contribution is 6.04. The molecule has 0 aliphatic heterocycles. The second-order valence-electron chi connectivity index (χ2n) is 5.39. The predicted octanol–water partition coefficient (Wildman–Crippen LogP) is -2.36. The van der Waals surface area contributed by atoms with Crippen LogP contribution < -0.4 is 22.9 Å². The van der Waals surface area contributed by atoms with Crippen molar-refractivity contribution in [2.75, 3.05) is 0 Å². The average Bonchev–Trinajstić information content (AvgIpc) is 2.45. The highest BCUT2D eigenvalue weighted by Crippen LogP contribution is 2.13. The summed E-state index contributed by atoms with van der Waals surface area (Å²) in [6.45, 7) is 0. The summed E-state index contributed by atoms with van der Waals surface area (Å²) in [5.74, 6) is -7.18. The fourth-order valence-electron chi connectivity index (χ4n) is 2.10. The maximum Gasteiger partial charge on any atom is 0.228 e. The van der Waals surface area contributed by atoms with Crippen LogP contribution in [0.15, 0.2) is 0 Å². The van der Waals surface area contributed by atoms with E-state index < -0.39 is 59.9 Å². The third-order valence-electron chi connectivity index (χ3n) is 3.37. The Morgan fingerprint density at radius 1 is 0.583 bits per heavy atom. The standard InChI is InChI=1S/C14H22N4O6/c15-11(21)5-7(13(17)23)9(19)3-1-2-4-10(20)8(14(18)24)6-12(16)22/h7-8H,1-6H2,(H2,15,21)(H2,16,22)(H2,17,23)(H2,18,24). The summed E-state index contributed by atoms with van der Waals surface area (Å²) in [4.78, 5) is 67.5. The van der Waals surface area contributed by atoms with E-state index >= 15 is 0 Å². The van der Waals surface area contributed by atoms with Gasteiger partial charge in [-0.15, -0.1) is 0 Å². The first kappa shape index (κ1) is 21.2. The number of amides is 4. The van der Waals surface area contributed by atoms with Gasteiger partial charge in [-0.05, 0) is 12.8 Å². The molecule has 10 heteroatoms. The number of primary amides is 4. The molecule has 0 bridgehead atoms. The van der Waals surface area contributed by atoms with Crippen LogP contribution in [0.5, 0.6) is 0 Å². The van der Waals surface area contributed by atoms with Gasteiger partial charge >= 0.3 is 0 Å². The molecule has 0 heterocycles.